The second kappa shape index (κ2) is 7.35. The minimum absolute atomic E-state index is 0.0267. The molecule has 1 aromatic heterocycles. The van der Waals surface area contributed by atoms with Crippen LogP contribution in [0.4, 0.5) is 0 Å². The Balaban J connectivity index is 1.28. The van der Waals surface area contributed by atoms with E-state index in [1.165, 1.54) is 0 Å². The van der Waals surface area contributed by atoms with E-state index in [2.05, 4.69) is 5.32 Å². The number of hydrogen-bond acceptors (Lipinski definition) is 3. The SMILES string of the molecule is O=C(Cc1ccc(-n2cccc2)cc1)NCC1COc2ccccc2O1. The molecular formula is C21H20N2O3. The molecule has 4 rings (SSSR count). The van der Waals surface area contributed by atoms with Crippen LogP contribution in [0.1, 0.15) is 5.56 Å². The van der Waals surface area contributed by atoms with Crippen molar-refractivity contribution in [1.29, 1.82) is 0 Å². The van der Waals surface area contributed by atoms with Gasteiger partial charge in [0.15, 0.2) is 11.5 Å². The summed E-state index contributed by atoms with van der Waals surface area (Å²) in [6.07, 6.45) is 4.15. The fraction of sp³-hybridized carbons (Fsp3) is 0.190. The summed E-state index contributed by atoms with van der Waals surface area (Å²) in [7, 11) is 0. The van der Waals surface area contributed by atoms with E-state index in [-0.39, 0.29) is 12.0 Å². The summed E-state index contributed by atoms with van der Waals surface area (Å²) < 4.78 is 13.5. The first kappa shape index (κ1) is 16.3. The molecule has 0 bridgehead atoms. The zero-order valence-corrected chi connectivity index (χ0v) is 14.3. The third-order valence-electron chi connectivity index (χ3n) is 4.30. The van der Waals surface area contributed by atoms with Crippen molar-refractivity contribution in [3.63, 3.8) is 0 Å². The number of aromatic nitrogens is 1. The highest BCUT2D eigenvalue weighted by molar-refractivity contribution is 5.78. The number of ether oxygens (including phenoxy) is 2. The zero-order valence-electron chi connectivity index (χ0n) is 14.3. The second-order valence-corrected chi connectivity index (χ2v) is 6.24. The standard InChI is InChI=1S/C21H20N2O3/c24-21(13-16-7-9-17(10-8-16)23-11-3-4-12-23)22-14-18-15-25-19-5-1-2-6-20(19)26-18/h1-12,18H,13-15H2,(H,22,24). The number of rotatable bonds is 5. The van der Waals surface area contributed by atoms with E-state index in [1.807, 2.05) is 77.6 Å². The van der Waals surface area contributed by atoms with Gasteiger partial charge in [-0.3, -0.25) is 4.79 Å². The van der Waals surface area contributed by atoms with Crippen molar-refractivity contribution < 1.29 is 14.3 Å². The molecule has 1 N–H and O–H groups in total. The molecule has 1 amide bonds. The van der Waals surface area contributed by atoms with Crippen molar-refractivity contribution in [2.75, 3.05) is 13.2 Å². The first-order valence-electron chi connectivity index (χ1n) is 8.65. The Hall–Kier alpha value is -3.21. The van der Waals surface area contributed by atoms with Crippen molar-refractivity contribution in [1.82, 2.24) is 9.88 Å². The fourth-order valence-corrected chi connectivity index (χ4v) is 2.93. The molecule has 0 spiro atoms. The molecule has 0 aliphatic carbocycles. The number of para-hydroxylation sites is 2. The number of amides is 1. The average molecular weight is 348 g/mol. The van der Waals surface area contributed by atoms with Crippen molar-refractivity contribution >= 4 is 5.91 Å². The van der Waals surface area contributed by atoms with Gasteiger partial charge < -0.3 is 19.4 Å². The van der Waals surface area contributed by atoms with Crippen LogP contribution in [0, 0.1) is 0 Å². The number of benzene rings is 2. The largest absolute Gasteiger partial charge is 0.486 e. The van der Waals surface area contributed by atoms with Gasteiger partial charge in [-0.05, 0) is 42.0 Å². The number of hydrogen-bond donors (Lipinski definition) is 1. The molecule has 26 heavy (non-hydrogen) atoms. The van der Waals surface area contributed by atoms with Gasteiger partial charge in [-0.15, -0.1) is 0 Å². The number of nitrogens with one attached hydrogen (secondary N) is 1. The van der Waals surface area contributed by atoms with Crippen molar-refractivity contribution in [3.8, 4) is 17.2 Å². The van der Waals surface area contributed by atoms with Crippen LogP contribution in [-0.4, -0.2) is 29.7 Å². The van der Waals surface area contributed by atoms with Crippen LogP contribution in [0.3, 0.4) is 0 Å². The average Bonchev–Trinajstić information content (AvgIpc) is 3.22. The molecule has 1 atom stereocenters. The van der Waals surface area contributed by atoms with Gasteiger partial charge in [0.05, 0.1) is 13.0 Å². The highest BCUT2D eigenvalue weighted by atomic mass is 16.6. The fourth-order valence-electron chi connectivity index (χ4n) is 2.93. The minimum atomic E-state index is -0.176. The molecule has 1 aliphatic rings. The summed E-state index contributed by atoms with van der Waals surface area (Å²) in [6.45, 7) is 0.859. The van der Waals surface area contributed by atoms with Crippen LogP contribution in [0.25, 0.3) is 5.69 Å². The van der Waals surface area contributed by atoms with E-state index in [0.29, 0.717) is 19.6 Å². The molecule has 2 heterocycles. The van der Waals surface area contributed by atoms with E-state index in [4.69, 9.17) is 9.47 Å². The Morgan fingerprint density at radius 3 is 2.50 bits per heavy atom. The topological polar surface area (TPSA) is 52.5 Å². The molecule has 1 unspecified atom stereocenters. The molecule has 0 radical (unpaired) electrons. The van der Waals surface area contributed by atoms with Crippen molar-refractivity contribution in [2.24, 2.45) is 0 Å². The molecule has 1 aliphatic heterocycles. The minimum Gasteiger partial charge on any atom is -0.486 e. The smallest absolute Gasteiger partial charge is 0.224 e. The van der Waals surface area contributed by atoms with Crippen LogP contribution in [-0.2, 0) is 11.2 Å². The van der Waals surface area contributed by atoms with Gasteiger partial charge >= 0.3 is 0 Å². The number of fused-ring (bicyclic) bond motifs is 1. The van der Waals surface area contributed by atoms with Gasteiger partial charge in [0.1, 0.15) is 12.7 Å². The van der Waals surface area contributed by atoms with E-state index in [1.54, 1.807) is 0 Å². The van der Waals surface area contributed by atoms with Gasteiger partial charge in [0.25, 0.3) is 0 Å². The van der Waals surface area contributed by atoms with Gasteiger partial charge in [-0.1, -0.05) is 24.3 Å². The molecule has 132 valence electrons. The van der Waals surface area contributed by atoms with E-state index >= 15 is 0 Å². The Morgan fingerprint density at radius 2 is 1.73 bits per heavy atom. The molecule has 5 heteroatoms. The Labute approximate surface area is 152 Å². The molecule has 0 saturated heterocycles. The first-order valence-corrected chi connectivity index (χ1v) is 8.65. The van der Waals surface area contributed by atoms with Crippen LogP contribution >= 0.6 is 0 Å². The predicted molar refractivity (Wildman–Crippen MR) is 98.8 cm³/mol. The van der Waals surface area contributed by atoms with E-state index in [0.717, 1.165) is 22.7 Å². The quantitative estimate of drug-likeness (QED) is 0.771. The Bertz CT molecular complexity index is 873. The summed E-state index contributed by atoms with van der Waals surface area (Å²) in [5, 5.41) is 2.92. The highest BCUT2D eigenvalue weighted by Gasteiger charge is 2.20. The van der Waals surface area contributed by atoms with Gasteiger partial charge in [0, 0.05) is 18.1 Å². The molecule has 3 aromatic rings. The number of carbonyl (C=O) groups excluding carboxylic acids is 1. The number of nitrogens with zero attached hydrogens (tertiary/aromatic N) is 1. The maximum atomic E-state index is 12.2. The van der Waals surface area contributed by atoms with Crippen molar-refractivity contribution in [2.45, 2.75) is 12.5 Å². The van der Waals surface area contributed by atoms with Crippen LogP contribution in [0.5, 0.6) is 11.5 Å². The Kier molecular flexibility index (Phi) is 4.60. The molecule has 0 saturated carbocycles. The zero-order chi connectivity index (χ0) is 17.8. The molecule has 0 fully saturated rings. The van der Waals surface area contributed by atoms with Crippen LogP contribution in [0.2, 0.25) is 0 Å². The molecule has 5 nitrogen and oxygen atoms in total. The summed E-state index contributed by atoms with van der Waals surface area (Å²) in [6, 6.07) is 19.5. The maximum absolute atomic E-state index is 12.2. The summed E-state index contributed by atoms with van der Waals surface area (Å²) >= 11 is 0. The van der Waals surface area contributed by atoms with E-state index in [9.17, 15) is 4.79 Å². The molecular weight excluding hydrogens is 328 g/mol. The van der Waals surface area contributed by atoms with Gasteiger partial charge in [0.2, 0.25) is 5.91 Å². The number of carbonyl (C=O) groups is 1. The monoisotopic (exact) mass is 348 g/mol. The lowest BCUT2D eigenvalue weighted by atomic mass is 10.1. The van der Waals surface area contributed by atoms with E-state index < -0.39 is 0 Å². The van der Waals surface area contributed by atoms with Gasteiger partial charge in [-0.2, -0.15) is 0 Å². The lowest BCUT2D eigenvalue weighted by Gasteiger charge is -2.26. The lowest BCUT2D eigenvalue weighted by molar-refractivity contribution is -0.120. The highest BCUT2D eigenvalue weighted by Crippen LogP contribution is 2.30. The Morgan fingerprint density at radius 1 is 1.00 bits per heavy atom. The maximum Gasteiger partial charge on any atom is 0.224 e. The first-order chi connectivity index (χ1) is 12.8. The van der Waals surface area contributed by atoms with Gasteiger partial charge in [-0.25, -0.2) is 0 Å². The third kappa shape index (κ3) is 3.72. The normalized spacial score (nSPS) is 15.5. The lowest BCUT2D eigenvalue weighted by Crippen LogP contribution is -2.41. The summed E-state index contributed by atoms with van der Waals surface area (Å²) in [5.74, 6) is 1.44. The second-order valence-electron chi connectivity index (χ2n) is 6.24. The van der Waals surface area contributed by atoms with Crippen molar-refractivity contribution in [3.05, 3.63) is 78.6 Å². The summed E-state index contributed by atoms with van der Waals surface area (Å²) in [4.78, 5) is 12.2. The van der Waals surface area contributed by atoms with Crippen LogP contribution in [0.15, 0.2) is 73.1 Å². The summed E-state index contributed by atoms with van der Waals surface area (Å²) in [5.41, 5.74) is 2.05. The predicted octanol–water partition coefficient (Wildman–Crippen LogP) is 2.98. The van der Waals surface area contributed by atoms with Crippen LogP contribution < -0.4 is 14.8 Å². The third-order valence-corrected chi connectivity index (χ3v) is 4.30. The molecule has 2 aromatic carbocycles.